The molecule has 8 heteroatoms. The Morgan fingerprint density at radius 3 is 3.15 bits per heavy atom. The van der Waals surface area contributed by atoms with Crippen LogP contribution >= 0.6 is 0 Å². The summed E-state index contributed by atoms with van der Waals surface area (Å²) >= 11 is 0. The van der Waals surface area contributed by atoms with Crippen LogP contribution in [0, 0.1) is 0 Å². The lowest BCUT2D eigenvalue weighted by atomic mass is 10.6. The van der Waals surface area contributed by atoms with E-state index in [0.29, 0.717) is 18.3 Å². The van der Waals surface area contributed by atoms with Crippen molar-refractivity contribution in [3.05, 3.63) is 12.2 Å². The molecule has 0 aromatic carbocycles. The van der Waals surface area contributed by atoms with Crippen molar-refractivity contribution < 1.29 is 4.52 Å². The van der Waals surface area contributed by atoms with Gasteiger partial charge in [0, 0.05) is 0 Å². The first-order valence-corrected chi connectivity index (χ1v) is 3.51. The maximum absolute atomic E-state index is 5.31. The van der Waals surface area contributed by atoms with E-state index in [-0.39, 0.29) is 5.95 Å². The van der Waals surface area contributed by atoms with Gasteiger partial charge in [-0.15, -0.1) is 5.10 Å². The van der Waals surface area contributed by atoms with Gasteiger partial charge in [-0.3, -0.25) is 0 Å². The number of nitrogens with one attached hydrogen (secondary N) is 2. The number of aromatic amines is 1. The second kappa shape index (κ2) is 3.09. The first kappa shape index (κ1) is 7.53. The zero-order valence-corrected chi connectivity index (χ0v) is 6.56. The third-order valence-electron chi connectivity index (χ3n) is 1.31. The molecule has 0 amide bonds. The first-order chi connectivity index (χ1) is 6.34. The Hall–Kier alpha value is -2.12. The van der Waals surface area contributed by atoms with Gasteiger partial charge in [0.2, 0.25) is 18.3 Å². The van der Waals surface area contributed by atoms with Gasteiger partial charge in [0.1, 0.15) is 0 Å². The molecule has 2 heterocycles. The minimum absolute atomic E-state index is 0.260. The first-order valence-electron chi connectivity index (χ1n) is 3.51. The lowest BCUT2D eigenvalue weighted by molar-refractivity contribution is 0.411. The number of rotatable bonds is 3. The van der Waals surface area contributed by atoms with E-state index in [0.717, 1.165) is 0 Å². The molecule has 0 unspecified atom stereocenters. The fraction of sp³-hybridized carbons (Fsp3) is 0.200. The third kappa shape index (κ3) is 1.72. The SMILES string of the molecule is Nc1nc(NCc2ncon2)n[nH]1. The monoisotopic (exact) mass is 181 g/mol. The van der Waals surface area contributed by atoms with E-state index in [4.69, 9.17) is 5.73 Å². The van der Waals surface area contributed by atoms with Crippen LogP contribution in [0.3, 0.4) is 0 Å². The second-order valence-electron chi connectivity index (χ2n) is 2.25. The van der Waals surface area contributed by atoms with Gasteiger partial charge in [-0.2, -0.15) is 9.97 Å². The summed E-state index contributed by atoms with van der Waals surface area (Å²) in [6, 6.07) is 0. The summed E-state index contributed by atoms with van der Waals surface area (Å²) in [6.45, 7) is 0.397. The molecule has 0 atom stereocenters. The van der Waals surface area contributed by atoms with Crippen molar-refractivity contribution in [2.45, 2.75) is 6.54 Å². The van der Waals surface area contributed by atoms with Gasteiger partial charge < -0.3 is 15.6 Å². The predicted octanol–water partition coefficient (Wildman–Crippen LogP) is -0.618. The molecule has 0 saturated heterocycles. The Kier molecular flexibility index (Phi) is 1.79. The third-order valence-corrected chi connectivity index (χ3v) is 1.31. The van der Waals surface area contributed by atoms with Crippen LogP contribution in [-0.2, 0) is 6.54 Å². The van der Waals surface area contributed by atoms with Crippen molar-refractivity contribution in [3.8, 4) is 0 Å². The molecular weight excluding hydrogens is 174 g/mol. The van der Waals surface area contributed by atoms with Crippen molar-refractivity contribution in [3.63, 3.8) is 0 Å². The van der Waals surface area contributed by atoms with Gasteiger partial charge in [-0.1, -0.05) is 5.16 Å². The number of hydrogen-bond acceptors (Lipinski definition) is 7. The highest BCUT2D eigenvalue weighted by Gasteiger charge is 2.01. The average Bonchev–Trinajstić information content (AvgIpc) is 2.71. The smallest absolute Gasteiger partial charge is 0.244 e. The Balaban J connectivity index is 1.93. The topological polar surface area (TPSA) is 119 Å². The van der Waals surface area contributed by atoms with Crippen molar-refractivity contribution in [2.24, 2.45) is 0 Å². The van der Waals surface area contributed by atoms with E-state index in [9.17, 15) is 0 Å². The van der Waals surface area contributed by atoms with Gasteiger partial charge in [-0.05, 0) is 0 Å². The zero-order valence-electron chi connectivity index (χ0n) is 6.56. The van der Waals surface area contributed by atoms with Gasteiger partial charge in [0.15, 0.2) is 5.82 Å². The quantitative estimate of drug-likeness (QED) is 0.577. The number of nitrogens with zero attached hydrogens (tertiary/aromatic N) is 4. The molecule has 4 N–H and O–H groups in total. The van der Waals surface area contributed by atoms with Crippen molar-refractivity contribution in [1.82, 2.24) is 25.3 Å². The summed E-state index contributed by atoms with van der Waals surface area (Å²) < 4.78 is 4.53. The van der Waals surface area contributed by atoms with Crippen LogP contribution in [-0.4, -0.2) is 25.3 Å². The molecule has 13 heavy (non-hydrogen) atoms. The van der Waals surface area contributed by atoms with Crippen molar-refractivity contribution in [2.75, 3.05) is 11.1 Å². The van der Waals surface area contributed by atoms with E-state index in [1.807, 2.05) is 0 Å². The minimum Gasteiger partial charge on any atom is -0.368 e. The van der Waals surface area contributed by atoms with E-state index < -0.39 is 0 Å². The van der Waals surface area contributed by atoms with Crippen molar-refractivity contribution in [1.29, 1.82) is 0 Å². The van der Waals surface area contributed by atoms with Gasteiger partial charge >= 0.3 is 0 Å². The average molecular weight is 181 g/mol. The second-order valence-corrected chi connectivity index (χ2v) is 2.25. The number of anilines is 2. The van der Waals surface area contributed by atoms with Crippen molar-refractivity contribution >= 4 is 11.9 Å². The predicted molar refractivity (Wildman–Crippen MR) is 42.4 cm³/mol. The van der Waals surface area contributed by atoms with Crippen LogP contribution in [0.1, 0.15) is 5.82 Å². The number of aromatic nitrogens is 5. The van der Waals surface area contributed by atoms with E-state index >= 15 is 0 Å². The van der Waals surface area contributed by atoms with E-state index in [2.05, 4.69) is 35.2 Å². The van der Waals surface area contributed by atoms with Gasteiger partial charge in [0.25, 0.3) is 0 Å². The fourth-order valence-electron chi connectivity index (χ4n) is 0.782. The molecule has 0 aliphatic rings. The van der Waals surface area contributed by atoms with Crippen LogP contribution in [0.25, 0.3) is 0 Å². The molecule has 0 spiro atoms. The highest BCUT2D eigenvalue weighted by molar-refractivity contribution is 5.29. The fourth-order valence-corrected chi connectivity index (χ4v) is 0.782. The minimum atomic E-state index is 0.260. The summed E-state index contributed by atoms with van der Waals surface area (Å²) in [5, 5.41) is 12.7. The Labute approximate surface area is 72.5 Å². The Bertz CT molecular complexity index is 366. The van der Waals surface area contributed by atoms with Crippen LogP contribution in [0.4, 0.5) is 11.9 Å². The molecule has 0 aliphatic carbocycles. The van der Waals surface area contributed by atoms with Crippen LogP contribution in [0.15, 0.2) is 10.9 Å². The molecule has 0 bridgehead atoms. The number of H-pyrrole nitrogens is 1. The zero-order chi connectivity index (χ0) is 9.10. The number of hydrogen-bond donors (Lipinski definition) is 3. The highest BCUT2D eigenvalue weighted by Crippen LogP contribution is 2.00. The van der Waals surface area contributed by atoms with Gasteiger partial charge in [0.05, 0.1) is 6.54 Å². The largest absolute Gasteiger partial charge is 0.368 e. The molecular formula is C5H7N7O. The van der Waals surface area contributed by atoms with E-state index in [1.165, 1.54) is 6.39 Å². The molecule has 0 fully saturated rings. The molecule has 0 radical (unpaired) electrons. The van der Waals surface area contributed by atoms with Crippen LogP contribution < -0.4 is 11.1 Å². The Morgan fingerprint density at radius 1 is 1.62 bits per heavy atom. The summed E-state index contributed by atoms with van der Waals surface area (Å²) in [5.41, 5.74) is 5.31. The molecule has 0 saturated carbocycles. The van der Waals surface area contributed by atoms with E-state index in [1.54, 1.807) is 0 Å². The van der Waals surface area contributed by atoms with Crippen LogP contribution in [0.5, 0.6) is 0 Å². The maximum atomic E-state index is 5.31. The summed E-state index contributed by atoms with van der Waals surface area (Å²) in [6.07, 6.45) is 1.25. The standard InChI is InChI=1S/C5H7N7O/c6-4-9-5(11-10-4)7-1-3-8-2-13-12-3/h2H,1H2,(H4,6,7,9,10,11). The van der Waals surface area contributed by atoms with Gasteiger partial charge in [-0.25, -0.2) is 5.10 Å². The summed E-state index contributed by atoms with van der Waals surface area (Å²) in [5.74, 6) is 1.20. The Morgan fingerprint density at radius 2 is 2.54 bits per heavy atom. The molecule has 68 valence electrons. The molecule has 0 aliphatic heterocycles. The normalized spacial score (nSPS) is 10.2. The maximum Gasteiger partial charge on any atom is 0.244 e. The molecule has 8 nitrogen and oxygen atoms in total. The van der Waals surface area contributed by atoms with Crippen LogP contribution in [0.2, 0.25) is 0 Å². The number of nitrogens with two attached hydrogens (primary N) is 1. The highest BCUT2D eigenvalue weighted by atomic mass is 16.5. The molecule has 2 rings (SSSR count). The summed E-state index contributed by atoms with van der Waals surface area (Å²) in [4.78, 5) is 7.62. The molecule has 2 aromatic rings. The lowest BCUT2D eigenvalue weighted by Crippen LogP contribution is -2.02. The number of nitrogen functional groups attached to an aromatic ring is 1. The molecule has 2 aromatic heterocycles. The summed E-state index contributed by atoms with van der Waals surface area (Å²) in [7, 11) is 0. The lowest BCUT2D eigenvalue weighted by Gasteiger charge is -1.93.